The molecule has 8 nitrogen and oxygen atoms in total. The van der Waals surface area contributed by atoms with E-state index in [0.717, 1.165) is 11.6 Å². The summed E-state index contributed by atoms with van der Waals surface area (Å²) in [6.07, 6.45) is -1.59. The summed E-state index contributed by atoms with van der Waals surface area (Å²) < 4.78 is 60.6. The topological polar surface area (TPSA) is 80.9 Å². The highest BCUT2D eigenvalue weighted by atomic mass is 32.1. The predicted octanol–water partition coefficient (Wildman–Crippen LogP) is 5.87. The number of imidazole rings is 1. The van der Waals surface area contributed by atoms with Gasteiger partial charge in [0.2, 0.25) is 0 Å². The number of halogens is 4. The highest BCUT2D eigenvalue weighted by molar-refractivity contribution is 7.13. The predicted molar refractivity (Wildman–Crippen MR) is 152 cm³/mol. The van der Waals surface area contributed by atoms with Crippen molar-refractivity contribution in [2.45, 2.75) is 44.8 Å². The lowest BCUT2D eigenvalue weighted by atomic mass is 9.94. The number of thiazole rings is 1. The molecule has 1 aliphatic heterocycles. The fourth-order valence-electron chi connectivity index (χ4n) is 5.49. The fraction of sp³-hybridized carbons (Fsp3) is 0.310. The summed E-state index contributed by atoms with van der Waals surface area (Å²) >= 11 is 1.19. The van der Waals surface area contributed by atoms with Crippen LogP contribution in [0.4, 0.5) is 22.7 Å². The van der Waals surface area contributed by atoms with Gasteiger partial charge in [-0.2, -0.15) is 18.3 Å². The van der Waals surface area contributed by atoms with Crippen molar-refractivity contribution in [3.63, 3.8) is 0 Å². The number of rotatable bonds is 7. The summed E-state index contributed by atoms with van der Waals surface area (Å²) in [6.45, 7) is 2.51. The number of aromatic nitrogens is 5. The van der Waals surface area contributed by atoms with Gasteiger partial charge < -0.3 is 9.47 Å². The van der Waals surface area contributed by atoms with Crippen LogP contribution < -0.4 is 5.32 Å². The standard InChI is InChI=1S/C29H27F4N7OS/c1-16-20(18-6-4-17(5-7-18)12-38(2)3)11-22(29(31,32)33)21-14-40(37-24(16)21)26(27(41)36-28-34-8-9-42-28)25-23-10-19(30)13-39(23)15-35-25/h4-9,11,14-15,19,26H,10,12-13H2,1-3H3,(H,34,36,41). The molecule has 1 amide bonds. The van der Waals surface area contributed by atoms with Crippen LogP contribution >= 0.6 is 11.3 Å². The van der Waals surface area contributed by atoms with Crippen molar-refractivity contribution in [1.82, 2.24) is 29.2 Å². The largest absolute Gasteiger partial charge is 0.417 e. The van der Waals surface area contributed by atoms with Crippen molar-refractivity contribution in [1.29, 1.82) is 0 Å². The molecule has 0 saturated heterocycles. The molecule has 6 rings (SSSR count). The lowest BCUT2D eigenvalue weighted by molar-refractivity contribution is -0.136. The average Bonchev–Trinajstić information content (AvgIpc) is 3.71. The molecular formula is C29H27F4N7OS. The molecule has 4 heterocycles. The van der Waals surface area contributed by atoms with E-state index in [9.17, 15) is 22.4 Å². The molecule has 0 aliphatic carbocycles. The summed E-state index contributed by atoms with van der Waals surface area (Å²) in [5.41, 5.74) is 2.57. The number of carbonyl (C=O) groups excluding carboxylic acids is 1. The highest BCUT2D eigenvalue weighted by Crippen LogP contribution is 2.41. The van der Waals surface area contributed by atoms with E-state index >= 15 is 0 Å². The number of hydrogen-bond acceptors (Lipinski definition) is 6. The smallest absolute Gasteiger partial charge is 0.331 e. The number of nitrogens with zero attached hydrogens (tertiary/aromatic N) is 6. The number of alkyl halides is 4. The van der Waals surface area contributed by atoms with E-state index < -0.39 is 29.9 Å². The van der Waals surface area contributed by atoms with Crippen LogP contribution in [-0.2, 0) is 30.5 Å². The summed E-state index contributed by atoms with van der Waals surface area (Å²) in [6, 6.07) is 7.27. The average molecular weight is 598 g/mol. The number of hydrogen-bond donors (Lipinski definition) is 1. The minimum absolute atomic E-state index is 0.0396. The molecule has 218 valence electrons. The maximum atomic E-state index is 14.5. The van der Waals surface area contributed by atoms with Crippen LogP contribution in [0.1, 0.15) is 34.1 Å². The van der Waals surface area contributed by atoms with Crippen LogP contribution in [0.25, 0.3) is 22.0 Å². The van der Waals surface area contributed by atoms with Gasteiger partial charge in [-0.05, 0) is 49.3 Å². The van der Waals surface area contributed by atoms with Crippen LogP contribution in [0.3, 0.4) is 0 Å². The Morgan fingerprint density at radius 2 is 1.98 bits per heavy atom. The minimum atomic E-state index is -4.69. The van der Waals surface area contributed by atoms with Gasteiger partial charge in [-0.15, -0.1) is 11.3 Å². The second-order valence-electron chi connectivity index (χ2n) is 10.7. The molecule has 0 saturated carbocycles. The Kier molecular flexibility index (Phi) is 7.09. The van der Waals surface area contributed by atoms with E-state index in [4.69, 9.17) is 0 Å². The lowest BCUT2D eigenvalue weighted by Gasteiger charge is -2.16. The van der Waals surface area contributed by atoms with E-state index in [1.54, 1.807) is 29.0 Å². The molecule has 5 aromatic rings. The molecule has 2 unspecified atom stereocenters. The number of aryl methyl sites for hydroxylation is 1. The quantitative estimate of drug-likeness (QED) is 0.238. The summed E-state index contributed by atoms with van der Waals surface area (Å²) in [7, 11) is 3.88. The first-order chi connectivity index (χ1) is 20.0. The Morgan fingerprint density at radius 3 is 2.64 bits per heavy atom. The molecule has 1 aliphatic rings. The number of nitrogens with one attached hydrogen (secondary N) is 1. The Balaban J connectivity index is 1.50. The minimum Gasteiger partial charge on any atom is -0.331 e. The Bertz CT molecular complexity index is 1760. The van der Waals surface area contributed by atoms with Gasteiger partial charge in [-0.3, -0.25) is 14.8 Å². The molecule has 3 aromatic heterocycles. The van der Waals surface area contributed by atoms with Crippen LogP contribution in [0, 0.1) is 6.92 Å². The number of benzene rings is 2. The maximum Gasteiger partial charge on any atom is 0.417 e. The van der Waals surface area contributed by atoms with E-state index in [2.05, 4.69) is 20.4 Å². The van der Waals surface area contributed by atoms with Gasteiger partial charge in [-0.1, -0.05) is 24.3 Å². The third-order valence-corrected chi connectivity index (χ3v) is 8.05. The summed E-state index contributed by atoms with van der Waals surface area (Å²) in [5, 5.41) is 9.14. The number of carbonyl (C=O) groups is 1. The van der Waals surface area contributed by atoms with Crippen LogP contribution in [0.15, 0.2) is 54.4 Å². The summed E-state index contributed by atoms with van der Waals surface area (Å²) in [4.78, 5) is 24.1. The number of anilines is 1. The van der Waals surface area contributed by atoms with Crippen LogP contribution in [0.5, 0.6) is 0 Å². The van der Waals surface area contributed by atoms with Gasteiger partial charge in [0, 0.05) is 41.8 Å². The molecule has 0 spiro atoms. The lowest BCUT2D eigenvalue weighted by Crippen LogP contribution is -2.28. The van der Waals surface area contributed by atoms with Crippen molar-refractivity contribution in [2.24, 2.45) is 0 Å². The SMILES string of the molecule is Cc1c(-c2ccc(CN(C)C)cc2)cc(C(F)(F)F)c2cn(C(C(=O)Nc3nccs3)c3ncn4c3CC(F)C4)nc12. The fourth-order valence-corrected chi connectivity index (χ4v) is 6.02. The van der Waals surface area contributed by atoms with E-state index in [0.29, 0.717) is 34.1 Å². The zero-order valence-corrected chi connectivity index (χ0v) is 23.8. The summed E-state index contributed by atoms with van der Waals surface area (Å²) in [5.74, 6) is -0.593. The first kappa shape index (κ1) is 28.0. The molecule has 2 atom stereocenters. The Labute approximate surface area is 242 Å². The molecular weight excluding hydrogens is 570 g/mol. The van der Waals surface area contributed by atoms with E-state index in [1.165, 1.54) is 34.7 Å². The van der Waals surface area contributed by atoms with Gasteiger partial charge in [0.05, 0.1) is 29.6 Å². The maximum absolute atomic E-state index is 14.5. The molecule has 1 N–H and O–H groups in total. The van der Waals surface area contributed by atoms with Crippen molar-refractivity contribution in [3.05, 3.63) is 82.5 Å². The zero-order valence-electron chi connectivity index (χ0n) is 23.0. The van der Waals surface area contributed by atoms with Crippen molar-refractivity contribution >= 4 is 33.3 Å². The van der Waals surface area contributed by atoms with E-state index in [-0.39, 0.29) is 29.6 Å². The third kappa shape index (κ3) is 5.18. The van der Waals surface area contributed by atoms with Crippen molar-refractivity contribution in [2.75, 3.05) is 19.4 Å². The van der Waals surface area contributed by atoms with Crippen LogP contribution in [0.2, 0.25) is 0 Å². The Hall–Kier alpha value is -4.10. The highest BCUT2D eigenvalue weighted by Gasteiger charge is 2.38. The first-order valence-electron chi connectivity index (χ1n) is 13.2. The molecule has 0 fully saturated rings. The van der Waals surface area contributed by atoms with Crippen molar-refractivity contribution in [3.8, 4) is 11.1 Å². The van der Waals surface area contributed by atoms with Crippen molar-refractivity contribution < 1.29 is 22.4 Å². The van der Waals surface area contributed by atoms with Gasteiger partial charge >= 0.3 is 6.18 Å². The first-order valence-corrected chi connectivity index (χ1v) is 14.1. The van der Waals surface area contributed by atoms with E-state index in [1.807, 2.05) is 31.1 Å². The van der Waals surface area contributed by atoms with Gasteiger partial charge in [-0.25, -0.2) is 14.4 Å². The van der Waals surface area contributed by atoms with Gasteiger partial charge in [0.1, 0.15) is 6.17 Å². The zero-order chi connectivity index (χ0) is 29.8. The molecule has 2 aromatic carbocycles. The molecule has 42 heavy (non-hydrogen) atoms. The van der Waals surface area contributed by atoms with Gasteiger partial charge in [0.25, 0.3) is 5.91 Å². The van der Waals surface area contributed by atoms with Crippen LogP contribution in [-0.4, -0.2) is 55.4 Å². The number of fused-ring (bicyclic) bond motifs is 2. The third-order valence-electron chi connectivity index (χ3n) is 7.36. The second kappa shape index (κ2) is 10.6. The number of amides is 1. The van der Waals surface area contributed by atoms with Gasteiger partial charge in [0.15, 0.2) is 11.2 Å². The molecule has 0 radical (unpaired) electrons. The normalized spacial score (nSPS) is 15.9. The monoisotopic (exact) mass is 597 g/mol. The molecule has 0 bridgehead atoms. The Morgan fingerprint density at radius 1 is 1.21 bits per heavy atom. The molecule has 13 heteroatoms. The second-order valence-corrected chi connectivity index (χ2v) is 11.6.